The summed E-state index contributed by atoms with van der Waals surface area (Å²) in [4.78, 5) is 0. The van der Waals surface area contributed by atoms with E-state index in [2.05, 4.69) is 16.3 Å². The van der Waals surface area contributed by atoms with Crippen molar-refractivity contribution in [2.45, 2.75) is 54.9 Å². The zero-order chi connectivity index (χ0) is 13.8. The predicted molar refractivity (Wildman–Crippen MR) is 82.1 cm³/mol. The van der Waals surface area contributed by atoms with Crippen LogP contribution >= 0.6 is 11.8 Å². The zero-order valence-electron chi connectivity index (χ0n) is 11.8. The molecule has 1 atom stereocenters. The van der Waals surface area contributed by atoms with Crippen LogP contribution in [0.2, 0.25) is 0 Å². The van der Waals surface area contributed by atoms with E-state index in [4.69, 9.17) is 0 Å². The standard InChI is InChI=1S/C13H26N2O2S2/c1-18-13(7-3-2-4-8-13)11-15-19(16,17)12-6-5-9-14-10-12/h12,14-15H,2-11H2,1H3. The van der Waals surface area contributed by atoms with Gasteiger partial charge in [0.15, 0.2) is 0 Å². The third kappa shape index (κ3) is 4.09. The Morgan fingerprint density at radius 1 is 1.26 bits per heavy atom. The molecule has 2 fully saturated rings. The second kappa shape index (κ2) is 6.78. The van der Waals surface area contributed by atoms with Gasteiger partial charge in [0.25, 0.3) is 0 Å². The van der Waals surface area contributed by atoms with Crippen LogP contribution in [0.1, 0.15) is 44.9 Å². The van der Waals surface area contributed by atoms with Crippen molar-refractivity contribution in [1.82, 2.24) is 10.0 Å². The highest BCUT2D eigenvalue weighted by Crippen LogP contribution is 2.38. The Hall–Kier alpha value is 0.220. The largest absolute Gasteiger partial charge is 0.315 e. The lowest BCUT2D eigenvalue weighted by molar-refractivity contribution is 0.393. The minimum Gasteiger partial charge on any atom is -0.315 e. The average Bonchev–Trinajstić information content (AvgIpc) is 2.47. The monoisotopic (exact) mass is 306 g/mol. The number of thioether (sulfide) groups is 1. The van der Waals surface area contributed by atoms with Gasteiger partial charge in [0.1, 0.15) is 0 Å². The van der Waals surface area contributed by atoms with E-state index in [1.54, 1.807) is 0 Å². The average molecular weight is 306 g/mol. The van der Waals surface area contributed by atoms with Gasteiger partial charge in [0, 0.05) is 17.8 Å². The van der Waals surface area contributed by atoms with Crippen LogP contribution in [0.25, 0.3) is 0 Å². The predicted octanol–water partition coefficient (Wildman–Crippen LogP) is 1.72. The van der Waals surface area contributed by atoms with Crippen molar-refractivity contribution in [2.75, 3.05) is 25.9 Å². The van der Waals surface area contributed by atoms with Crippen LogP contribution in [0.3, 0.4) is 0 Å². The molecule has 1 aliphatic heterocycles. The molecule has 0 aromatic heterocycles. The number of piperidine rings is 1. The van der Waals surface area contributed by atoms with Crippen molar-refractivity contribution in [3.05, 3.63) is 0 Å². The number of hydrogen-bond acceptors (Lipinski definition) is 4. The fraction of sp³-hybridized carbons (Fsp3) is 1.00. The lowest BCUT2D eigenvalue weighted by Gasteiger charge is -2.36. The molecule has 6 heteroatoms. The molecule has 0 aromatic carbocycles. The van der Waals surface area contributed by atoms with Crippen molar-refractivity contribution < 1.29 is 8.42 Å². The fourth-order valence-electron chi connectivity index (χ4n) is 3.08. The molecule has 2 rings (SSSR count). The van der Waals surface area contributed by atoms with Gasteiger partial charge in [-0.05, 0) is 38.5 Å². The van der Waals surface area contributed by atoms with Crippen molar-refractivity contribution in [3.63, 3.8) is 0 Å². The second-order valence-corrected chi connectivity index (χ2v) is 9.10. The van der Waals surface area contributed by atoms with Crippen molar-refractivity contribution >= 4 is 21.8 Å². The van der Waals surface area contributed by atoms with Gasteiger partial charge in [0.2, 0.25) is 10.0 Å². The van der Waals surface area contributed by atoms with E-state index in [1.165, 1.54) is 19.3 Å². The first-order valence-corrected chi connectivity index (χ1v) is 10.1. The SMILES string of the molecule is CSC1(CNS(=O)(=O)C2CCCNC2)CCCCC1. The van der Waals surface area contributed by atoms with Gasteiger partial charge in [-0.1, -0.05) is 19.3 Å². The Kier molecular flexibility index (Phi) is 5.57. The third-order valence-corrected chi connectivity index (χ3v) is 7.73. The summed E-state index contributed by atoms with van der Waals surface area (Å²) in [6.07, 6.45) is 9.89. The summed E-state index contributed by atoms with van der Waals surface area (Å²) < 4.78 is 27.7. The molecule has 1 saturated heterocycles. The van der Waals surface area contributed by atoms with Gasteiger partial charge < -0.3 is 5.32 Å². The van der Waals surface area contributed by atoms with Crippen LogP contribution in [0.15, 0.2) is 0 Å². The van der Waals surface area contributed by atoms with E-state index in [0.717, 1.165) is 32.2 Å². The molecule has 1 aliphatic carbocycles. The maximum Gasteiger partial charge on any atom is 0.215 e. The summed E-state index contributed by atoms with van der Waals surface area (Å²) in [7, 11) is -3.16. The molecule has 0 aromatic rings. The molecule has 1 saturated carbocycles. The Bertz CT molecular complexity index is 372. The highest BCUT2D eigenvalue weighted by atomic mass is 32.2. The van der Waals surface area contributed by atoms with Crippen molar-refractivity contribution in [3.8, 4) is 0 Å². The minimum atomic E-state index is -3.16. The quantitative estimate of drug-likeness (QED) is 0.812. The summed E-state index contributed by atoms with van der Waals surface area (Å²) in [6, 6.07) is 0. The summed E-state index contributed by atoms with van der Waals surface area (Å²) in [5, 5.41) is 2.93. The number of nitrogens with one attached hydrogen (secondary N) is 2. The summed E-state index contributed by atoms with van der Waals surface area (Å²) in [6.45, 7) is 2.15. The minimum absolute atomic E-state index is 0.132. The number of rotatable bonds is 5. The van der Waals surface area contributed by atoms with Gasteiger partial charge >= 0.3 is 0 Å². The van der Waals surface area contributed by atoms with E-state index >= 15 is 0 Å². The molecule has 0 radical (unpaired) electrons. The molecule has 0 amide bonds. The van der Waals surface area contributed by atoms with E-state index in [-0.39, 0.29) is 10.00 Å². The zero-order valence-corrected chi connectivity index (χ0v) is 13.4. The van der Waals surface area contributed by atoms with Gasteiger partial charge in [-0.2, -0.15) is 11.8 Å². The molecular formula is C13H26N2O2S2. The van der Waals surface area contributed by atoms with Crippen LogP contribution in [0, 0.1) is 0 Å². The van der Waals surface area contributed by atoms with Crippen LogP contribution < -0.4 is 10.0 Å². The molecule has 1 unspecified atom stereocenters. The number of hydrogen-bond donors (Lipinski definition) is 2. The van der Waals surface area contributed by atoms with E-state index in [0.29, 0.717) is 13.1 Å². The topological polar surface area (TPSA) is 58.2 Å². The smallest absolute Gasteiger partial charge is 0.215 e. The summed E-state index contributed by atoms with van der Waals surface area (Å²) in [5.74, 6) is 0. The molecule has 0 spiro atoms. The van der Waals surface area contributed by atoms with E-state index in [9.17, 15) is 8.42 Å². The Morgan fingerprint density at radius 2 is 2.00 bits per heavy atom. The van der Waals surface area contributed by atoms with Gasteiger partial charge in [-0.3, -0.25) is 0 Å². The normalized spacial score (nSPS) is 28.2. The van der Waals surface area contributed by atoms with Gasteiger partial charge in [-0.15, -0.1) is 0 Å². The van der Waals surface area contributed by atoms with E-state index < -0.39 is 10.0 Å². The molecule has 2 aliphatic rings. The Balaban J connectivity index is 1.92. The molecule has 4 nitrogen and oxygen atoms in total. The molecule has 19 heavy (non-hydrogen) atoms. The lowest BCUT2D eigenvalue weighted by Crippen LogP contribution is -2.48. The lowest BCUT2D eigenvalue weighted by atomic mass is 9.88. The second-order valence-electron chi connectivity index (χ2n) is 5.78. The first kappa shape index (κ1) is 15.6. The molecule has 2 N–H and O–H groups in total. The van der Waals surface area contributed by atoms with Gasteiger partial charge in [-0.25, -0.2) is 13.1 Å². The Labute approximate surface area is 121 Å². The highest BCUT2D eigenvalue weighted by Gasteiger charge is 2.34. The maximum absolute atomic E-state index is 12.3. The summed E-state index contributed by atoms with van der Waals surface area (Å²) >= 11 is 1.84. The van der Waals surface area contributed by atoms with Crippen molar-refractivity contribution in [1.29, 1.82) is 0 Å². The first-order chi connectivity index (χ1) is 9.08. The highest BCUT2D eigenvalue weighted by molar-refractivity contribution is 8.00. The van der Waals surface area contributed by atoms with Gasteiger partial charge in [0.05, 0.1) is 5.25 Å². The molecule has 112 valence electrons. The van der Waals surface area contributed by atoms with E-state index in [1.807, 2.05) is 11.8 Å². The third-order valence-electron chi connectivity index (χ3n) is 4.48. The van der Waals surface area contributed by atoms with Crippen LogP contribution in [0.5, 0.6) is 0 Å². The first-order valence-electron chi connectivity index (χ1n) is 7.32. The molecule has 0 bridgehead atoms. The summed E-state index contributed by atoms with van der Waals surface area (Å²) in [5.41, 5.74) is 0. The maximum atomic E-state index is 12.3. The number of sulfonamides is 1. The molecule has 1 heterocycles. The van der Waals surface area contributed by atoms with Crippen LogP contribution in [-0.4, -0.2) is 44.3 Å². The van der Waals surface area contributed by atoms with Crippen LogP contribution in [-0.2, 0) is 10.0 Å². The Morgan fingerprint density at radius 3 is 2.58 bits per heavy atom. The fourth-order valence-corrected chi connectivity index (χ4v) is 5.62. The van der Waals surface area contributed by atoms with Crippen molar-refractivity contribution in [2.24, 2.45) is 0 Å². The van der Waals surface area contributed by atoms with Crippen LogP contribution in [0.4, 0.5) is 0 Å². The molecular weight excluding hydrogens is 280 g/mol.